The third-order valence-electron chi connectivity index (χ3n) is 3.80. The fourth-order valence-electron chi connectivity index (χ4n) is 2.96. The minimum atomic E-state index is 1.05. The topological polar surface area (TPSA) is 0 Å². The van der Waals surface area contributed by atoms with Crippen LogP contribution in [0.15, 0.2) is 0 Å². The Hall–Kier alpha value is 0. The average Bonchev–Trinajstić information content (AvgIpc) is 2.30. The molecular formula is C9H16. The lowest BCUT2D eigenvalue weighted by molar-refractivity contribution is 0.0302. The van der Waals surface area contributed by atoms with Gasteiger partial charge in [0.15, 0.2) is 0 Å². The molecule has 0 heteroatoms. The Morgan fingerprint density at radius 1 is 0.889 bits per heavy atom. The monoisotopic (exact) mass is 124 g/mol. The summed E-state index contributed by atoms with van der Waals surface area (Å²) in [5, 5.41) is 0. The molecule has 2 fully saturated rings. The largest absolute Gasteiger partial charge is 0.0620 e. The third-order valence-corrected chi connectivity index (χ3v) is 3.80. The first-order chi connectivity index (χ1) is 4.30. The van der Waals surface area contributed by atoms with Crippen LogP contribution in [-0.4, -0.2) is 0 Å². The Bertz CT molecular complexity index is 103. The second kappa shape index (κ2) is 1.74. The minimum Gasteiger partial charge on any atom is -0.0620 e. The molecule has 0 aromatic rings. The summed E-state index contributed by atoms with van der Waals surface area (Å²) in [6.07, 6.45) is 4.59. The summed E-state index contributed by atoms with van der Waals surface area (Å²) in [5.74, 6) is 4.38. The van der Waals surface area contributed by atoms with Gasteiger partial charge in [-0.2, -0.15) is 0 Å². The van der Waals surface area contributed by atoms with Gasteiger partial charge in [-0.05, 0) is 36.5 Å². The van der Waals surface area contributed by atoms with Gasteiger partial charge in [0.2, 0.25) is 0 Å². The van der Waals surface area contributed by atoms with Crippen molar-refractivity contribution in [2.45, 2.75) is 33.1 Å². The van der Waals surface area contributed by atoms with Crippen molar-refractivity contribution in [1.82, 2.24) is 0 Å². The molecule has 0 amide bonds. The zero-order valence-electron chi connectivity index (χ0n) is 6.43. The lowest BCUT2D eigenvalue weighted by atomic mass is 9.60. The quantitative estimate of drug-likeness (QED) is 0.465. The summed E-state index contributed by atoms with van der Waals surface area (Å²) in [7, 11) is 0. The van der Waals surface area contributed by atoms with Gasteiger partial charge in [0, 0.05) is 0 Å². The SMILES string of the molecule is CC1C(C)C2CCCC12. The molecule has 4 atom stereocenters. The molecule has 52 valence electrons. The van der Waals surface area contributed by atoms with Gasteiger partial charge in [-0.15, -0.1) is 0 Å². The summed E-state index contributed by atoms with van der Waals surface area (Å²) < 4.78 is 0. The summed E-state index contributed by atoms with van der Waals surface area (Å²) in [6, 6.07) is 0. The first-order valence-electron chi connectivity index (χ1n) is 4.30. The Labute approximate surface area is 57.6 Å². The van der Waals surface area contributed by atoms with Crippen molar-refractivity contribution in [3.63, 3.8) is 0 Å². The third kappa shape index (κ3) is 0.595. The van der Waals surface area contributed by atoms with Crippen LogP contribution in [0.4, 0.5) is 0 Å². The molecule has 0 nitrogen and oxygen atoms in total. The number of hydrogen-bond donors (Lipinski definition) is 0. The molecule has 2 aliphatic rings. The normalized spacial score (nSPS) is 56.7. The van der Waals surface area contributed by atoms with E-state index in [1.807, 2.05) is 0 Å². The lowest BCUT2D eigenvalue weighted by Gasteiger charge is -2.45. The molecule has 0 aromatic carbocycles. The van der Waals surface area contributed by atoms with Gasteiger partial charge in [0.1, 0.15) is 0 Å². The van der Waals surface area contributed by atoms with Crippen molar-refractivity contribution in [2.24, 2.45) is 23.7 Å². The maximum absolute atomic E-state index is 2.43. The van der Waals surface area contributed by atoms with E-state index in [0.717, 1.165) is 23.7 Å². The van der Waals surface area contributed by atoms with Crippen LogP contribution >= 0.6 is 0 Å². The molecule has 9 heavy (non-hydrogen) atoms. The molecule has 0 bridgehead atoms. The molecule has 0 saturated heterocycles. The molecule has 0 spiro atoms. The highest BCUT2D eigenvalue weighted by Crippen LogP contribution is 2.54. The highest BCUT2D eigenvalue weighted by Gasteiger charge is 2.46. The molecule has 0 aromatic heterocycles. The maximum atomic E-state index is 2.43. The van der Waals surface area contributed by atoms with E-state index < -0.39 is 0 Å². The van der Waals surface area contributed by atoms with Crippen LogP contribution in [0, 0.1) is 23.7 Å². The number of hydrogen-bond acceptors (Lipinski definition) is 0. The Morgan fingerprint density at radius 3 is 1.78 bits per heavy atom. The summed E-state index contributed by atoms with van der Waals surface area (Å²) in [5.41, 5.74) is 0. The van der Waals surface area contributed by atoms with Crippen molar-refractivity contribution in [3.05, 3.63) is 0 Å². The van der Waals surface area contributed by atoms with Gasteiger partial charge in [0.05, 0.1) is 0 Å². The molecule has 0 heterocycles. The van der Waals surface area contributed by atoms with Crippen LogP contribution < -0.4 is 0 Å². The van der Waals surface area contributed by atoms with Crippen LogP contribution in [-0.2, 0) is 0 Å². The van der Waals surface area contributed by atoms with E-state index in [1.54, 1.807) is 0 Å². The summed E-state index contributed by atoms with van der Waals surface area (Å²) in [6.45, 7) is 4.86. The standard InChI is InChI=1S/C9H16/c1-6-7(2)9-5-3-4-8(6)9/h6-9H,3-5H2,1-2H3. The Kier molecular flexibility index (Phi) is 1.12. The van der Waals surface area contributed by atoms with E-state index in [9.17, 15) is 0 Å². The van der Waals surface area contributed by atoms with Gasteiger partial charge in [0.25, 0.3) is 0 Å². The van der Waals surface area contributed by atoms with Crippen molar-refractivity contribution >= 4 is 0 Å². The fraction of sp³-hybridized carbons (Fsp3) is 1.00. The van der Waals surface area contributed by atoms with Crippen LogP contribution in [0.5, 0.6) is 0 Å². The molecule has 0 N–H and O–H groups in total. The van der Waals surface area contributed by atoms with E-state index in [4.69, 9.17) is 0 Å². The second-order valence-corrected chi connectivity index (χ2v) is 3.98. The van der Waals surface area contributed by atoms with E-state index in [1.165, 1.54) is 19.3 Å². The zero-order valence-corrected chi connectivity index (χ0v) is 6.43. The predicted octanol–water partition coefficient (Wildman–Crippen LogP) is 2.69. The number of fused-ring (bicyclic) bond motifs is 1. The summed E-state index contributed by atoms with van der Waals surface area (Å²) >= 11 is 0. The van der Waals surface area contributed by atoms with Crippen molar-refractivity contribution in [3.8, 4) is 0 Å². The molecule has 4 unspecified atom stereocenters. The summed E-state index contributed by atoms with van der Waals surface area (Å²) in [4.78, 5) is 0. The lowest BCUT2D eigenvalue weighted by Crippen LogP contribution is -2.39. The van der Waals surface area contributed by atoms with E-state index in [0.29, 0.717) is 0 Å². The van der Waals surface area contributed by atoms with Gasteiger partial charge >= 0.3 is 0 Å². The number of rotatable bonds is 0. The van der Waals surface area contributed by atoms with Crippen LogP contribution in [0.25, 0.3) is 0 Å². The van der Waals surface area contributed by atoms with Crippen LogP contribution in [0.3, 0.4) is 0 Å². The van der Waals surface area contributed by atoms with E-state index in [2.05, 4.69) is 13.8 Å². The van der Waals surface area contributed by atoms with Crippen LogP contribution in [0.2, 0.25) is 0 Å². The van der Waals surface area contributed by atoms with Crippen molar-refractivity contribution in [2.75, 3.05) is 0 Å². The van der Waals surface area contributed by atoms with Gasteiger partial charge in [-0.1, -0.05) is 20.3 Å². The van der Waals surface area contributed by atoms with Gasteiger partial charge < -0.3 is 0 Å². The Balaban J connectivity index is 2.06. The minimum absolute atomic E-state index is 1.05. The molecular weight excluding hydrogens is 108 g/mol. The first-order valence-corrected chi connectivity index (χ1v) is 4.30. The van der Waals surface area contributed by atoms with Crippen molar-refractivity contribution in [1.29, 1.82) is 0 Å². The molecule has 0 radical (unpaired) electrons. The first kappa shape index (κ1) is 5.76. The smallest absolute Gasteiger partial charge is 0.0355 e. The second-order valence-electron chi connectivity index (χ2n) is 3.98. The zero-order chi connectivity index (χ0) is 6.43. The highest BCUT2D eigenvalue weighted by atomic mass is 14.5. The average molecular weight is 124 g/mol. The molecule has 0 aliphatic heterocycles. The van der Waals surface area contributed by atoms with E-state index >= 15 is 0 Å². The van der Waals surface area contributed by atoms with Crippen molar-refractivity contribution < 1.29 is 0 Å². The van der Waals surface area contributed by atoms with Gasteiger partial charge in [-0.25, -0.2) is 0 Å². The fourth-order valence-corrected chi connectivity index (χ4v) is 2.96. The Morgan fingerprint density at radius 2 is 1.33 bits per heavy atom. The predicted molar refractivity (Wildman–Crippen MR) is 39.2 cm³/mol. The van der Waals surface area contributed by atoms with Gasteiger partial charge in [-0.3, -0.25) is 0 Å². The molecule has 2 aliphatic carbocycles. The highest BCUT2D eigenvalue weighted by molar-refractivity contribution is 4.95. The maximum Gasteiger partial charge on any atom is -0.0355 e. The molecule has 2 saturated carbocycles. The van der Waals surface area contributed by atoms with E-state index in [-0.39, 0.29) is 0 Å². The van der Waals surface area contributed by atoms with Crippen LogP contribution in [0.1, 0.15) is 33.1 Å². The molecule has 2 rings (SSSR count).